The molecule has 4 rings (SSSR count). The Morgan fingerprint density at radius 2 is 2.08 bits per heavy atom. The number of amides is 1. The molecule has 6 nitrogen and oxygen atoms in total. The Morgan fingerprint density at radius 1 is 1.21 bits per heavy atom. The minimum absolute atomic E-state index is 0.0743. The zero-order chi connectivity index (χ0) is 16.5. The fourth-order valence-electron chi connectivity index (χ4n) is 2.72. The summed E-state index contributed by atoms with van der Waals surface area (Å²) in [6.07, 6.45) is 3.09. The van der Waals surface area contributed by atoms with Crippen LogP contribution in [0.5, 0.6) is 5.88 Å². The maximum atomic E-state index is 13.1. The van der Waals surface area contributed by atoms with Gasteiger partial charge in [-0.2, -0.15) is 0 Å². The highest BCUT2D eigenvalue weighted by Crippen LogP contribution is 2.37. The van der Waals surface area contributed by atoms with Gasteiger partial charge in [0.2, 0.25) is 5.88 Å². The fourth-order valence-corrected chi connectivity index (χ4v) is 3.37. The van der Waals surface area contributed by atoms with E-state index in [0.717, 1.165) is 10.6 Å². The molecule has 0 saturated heterocycles. The van der Waals surface area contributed by atoms with E-state index in [0.29, 0.717) is 17.1 Å². The predicted molar refractivity (Wildman–Crippen MR) is 92.5 cm³/mol. The van der Waals surface area contributed by atoms with Crippen LogP contribution in [0.3, 0.4) is 0 Å². The van der Waals surface area contributed by atoms with Gasteiger partial charge in [-0.1, -0.05) is 12.1 Å². The van der Waals surface area contributed by atoms with Gasteiger partial charge in [0.05, 0.1) is 34.9 Å². The summed E-state index contributed by atoms with van der Waals surface area (Å²) >= 11 is 1.50. The van der Waals surface area contributed by atoms with Crippen molar-refractivity contribution in [1.82, 2.24) is 9.97 Å². The maximum absolute atomic E-state index is 13.1. The molecule has 0 radical (unpaired) electrons. The highest BCUT2D eigenvalue weighted by atomic mass is 32.1. The number of fused-ring (bicyclic) bond motifs is 1. The third-order valence-electron chi connectivity index (χ3n) is 3.86. The Bertz CT molecular complexity index is 865. The van der Waals surface area contributed by atoms with Crippen LogP contribution in [0.4, 0.5) is 11.4 Å². The lowest BCUT2D eigenvalue weighted by molar-refractivity contribution is 0.0975. The summed E-state index contributed by atoms with van der Waals surface area (Å²) in [5.74, 6) is 0.431. The first-order valence-corrected chi connectivity index (χ1v) is 8.23. The van der Waals surface area contributed by atoms with E-state index in [1.807, 2.05) is 30.3 Å². The molecule has 7 heteroatoms. The molecule has 1 N–H and O–H groups in total. The number of carbonyl (C=O) groups excluding carboxylic acids is 1. The highest BCUT2D eigenvalue weighted by molar-refractivity contribution is 7.09. The van der Waals surface area contributed by atoms with E-state index >= 15 is 0 Å². The molecular weight excluding hydrogens is 324 g/mol. The van der Waals surface area contributed by atoms with Crippen molar-refractivity contribution in [2.45, 2.75) is 6.17 Å². The summed E-state index contributed by atoms with van der Waals surface area (Å²) in [5, 5.41) is 3.42. The van der Waals surface area contributed by atoms with Gasteiger partial charge in [-0.05, 0) is 18.2 Å². The Labute approximate surface area is 142 Å². The summed E-state index contributed by atoms with van der Waals surface area (Å²) < 4.78 is 5.10. The van der Waals surface area contributed by atoms with Gasteiger partial charge in [-0.15, -0.1) is 11.3 Å². The molecule has 3 heterocycles. The molecule has 0 bridgehead atoms. The molecule has 1 aliphatic rings. The average Bonchev–Trinajstić information content (AvgIpc) is 3.16. The number of rotatable bonds is 3. The van der Waals surface area contributed by atoms with E-state index in [1.54, 1.807) is 36.0 Å². The highest BCUT2D eigenvalue weighted by Gasteiger charge is 2.34. The second kappa shape index (κ2) is 5.93. The lowest BCUT2D eigenvalue weighted by Gasteiger charge is -2.37. The number of methoxy groups -OCH3 is 1. The number of thiazole rings is 1. The van der Waals surface area contributed by atoms with Crippen LogP contribution in [0.15, 0.2) is 54.3 Å². The Kier molecular flexibility index (Phi) is 3.62. The largest absolute Gasteiger partial charge is 0.481 e. The Hall–Kier alpha value is -2.93. The number of carbonyl (C=O) groups is 1. The molecule has 1 aromatic carbocycles. The zero-order valence-electron chi connectivity index (χ0n) is 12.8. The summed E-state index contributed by atoms with van der Waals surface area (Å²) in [5.41, 5.74) is 3.90. The number of ether oxygens (including phenoxy) is 1. The molecule has 1 atom stereocenters. The van der Waals surface area contributed by atoms with Gasteiger partial charge in [-0.25, -0.2) is 4.98 Å². The first kappa shape index (κ1) is 14.6. The number of nitrogens with one attached hydrogen (secondary N) is 1. The van der Waals surface area contributed by atoms with Crippen molar-refractivity contribution in [2.24, 2.45) is 0 Å². The van der Waals surface area contributed by atoms with E-state index < -0.39 is 0 Å². The van der Waals surface area contributed by atoms with Gasteiger partial charge >= 0.3 is 0 Å². The number of hydrogen-bond acceptors (Lipinski definition) is 6. The molecule has 0 saturated carbocycles. The molecule has 3 aromatic rings. The standard InChI is InChI=1S/C17H14N4O2S/c1-23-15-7-6-11(8-19-15)21-16(14-9-18-10-24-14)20-13-5-3-2-4-12(13)17(21)22/h2-10,16,20H,1H3/t16-/m1/s1. The van der Waals surface area contributed by atoms with E-state index in [4.69, 9.17) is 4.74 Å². The topological polar surface area (TPSA) is 67.3 Å². The van der Waals surface area contributed by atoms with Crippen molar-refractivity contribution in [1.29, 1.82) is 0 Å². The third-order valence-corrected chi connectivity index (χ3v) is 4.68. The summed E-state index contributed by atoms with van der Waals surface area (Å²) in [7, 11) is 1.56. The predicted octanol–water partition coefficient (Wildman–Crippen LogP) is 3.32. The molecule has 0 aliphatic carbocycles. The molecule has 120 valence electrons. The van der Waals surface area contributed by atoms with Gasteiger partial charge in [0.15, 0.2) is 0 Å². The number of hydrogen-bond donors (Lipinski definition) is 1. The monoisotopic (exact) mass is 338 g/mol. The number of pyridine rings is 1. The molecular formula is C17H14N4O2S. The van der Waals surface area contributed by atoms with Gasteiger partial charge < -0.3 is 10.1 Å². The summed E-state index contributed by atoms with van der Waals surface area (Å²) in [4.78, 5) is 24.1. The van der Waals surface area contributed by atoms with Crippen molar-refractivity contribution in [3.8, 4) is 5.88 Å². The molecule has 2 aromatic heterocycles. The number of anilines is 2. The van der Waals surface area contributed by atoms with Crippen LogP contribution < -0.4 is 15.0 Å². The van der Waals surface area contributed by atoms with E-state index in [1.165, 1.54) is 11.3 Å². The second-order valence-corrected chi connectivity index (χ2v) is 6.15. The van der Waals surface area contributed by atoms with Crippen molar-refractivity contribution < 1.29 is 9.53 Å². The molecule has 1 aliphatic heterocycles. The third kappa shape index (κ3) is 2.39. The minimum Gasteiger partial charge on any atom is -0.481 e. The maximum Gasteiger partial charge on any atom is 0.262 e. The van der Waals surface area contributed by atoms with Crippen LogP contribution in [0.1, 0.15) is 21.4 Å². The molecule has 24 heavy (non-hydrogen) atoms. The van der Waals surface area contributed by atoms with Crippen LogP contribution in [-0.2, 0) is 0 Å². The first-order chi connectivity index (χ1) is 11.8. The minimum atomic E-state index is -0.324. The first-order valence-electron chi connectivity index (χ1n) is 7.35. The SMILES string of the molecule is COc1ccc(N2C(=O)c3ccccc3N[C@H]2c2cncs2)cn1. The summed E-state index contributed by atoms with van der Waals surface area (Å²) in [6, 6.07) is 11.1. The van der Waals surface area contributed by atoms with Crippen LogP contribution in [0.2, 0.25) is 0 Å². The quantitative estimate of drug-likeness (QED) is 0.793. The van der Waals surface area contributed by atoms with Crippen molar-refractivity contribution in [2.75, 3.05) is 17.3 Å². The van der Waals surface area contributed by atoms with Crippen molar-refractivity contribution >= 4 is 28.6 Å². The lowest BCUT2D eigenvalue weighted by Crippen LogP contribution is -2.42. The molecule has 0 spiro atoms. The molecule has 0 fully saturated rings. The van der Waals surface area contributed by atoms with Crippen LogP contribution >= 0.6 is 11.3 Å². The molecule has 0 unspecified atom stereocenters. The summed E-state index contributed by atoms with van der Waals surface area (Å²) in [6.45, 7) is 0. The van der Waals surface area contributed by atoms with Gasteiger partial charge in [0.1, 0.15) is 6.17 Å². The van der Waals surface area contributed by atoms with Crippen molar-refractivity contribution in [3.63, 3.8) is 0 Å². The number of nitrogens with zero attached hydrogens (tertiary/aromatic N) is 3. The average molecular weight is 338 g/mol. The van der Waals surface area contributed by atoms with Crippen molar-refractivity contribution in [3.05, 3.63) is 64.7 Å². The zero-order valence-corrected chi connectivity index (χ0v) is 13.7. The number of benzene rings is 1. The number of aromatic nitrogens is 2. The van der Waals surface area contributed by atoms with E-state index in [-0.39, 0.29) is 12.1 Å². The lowest BCUT2D eigenvalue weighted by atomic mass is 10.1. The fraction of sp³-hybridized carbons (Fsp3) is 0.118. The van der Waals surface area contributed by atoms with Gasteiger partial charge in [0.25, 0.3) is 5.91 Å². The van der Waals surface area contributed by atoms with Crippen LogP contribution in [0.25, 0.3) is 0 Å². The van der Waals surface area contributed by atoms with Crippen LogP contribution in [0, 0.1) is 0 Å². The second-order valence-electron chi connectivity index (χ2n) is 5.23. The smallest absolute Gasteiger partial charge is 0.262 e. The van der Waals surface area contributed by atoms with Gasteiger partial charge in [-0.3, -0.25) is 14.7 Å². The van der Waals surface area contributed by atoms with Crippen LogP contribution in [-0.4, -0.2) is 23.0 Å². The van der Waals surface area contributed by atoms with E-state index in [9.17, 15) is 4.79 Å². The van der Waals surface area contributed by atoms with Gasteiger partial charge in [0, 0.05) is 18.0 Å². The normalized spacial score (nSPS) is 16.5. The molecule has 1 amide bonds. The Morgan fingerprint density at radius 3 is 2.79 bits per heavy atom. The Balaban J connectivity index is 1.82. The number of para-hydroxylation sites is 1. The van der Waals surface area contributed by atoms with E-state index in [2.05, 4.69) is 15.3 Å².